The maximum Gasteiger partial charge on any atom is 0.318 e. The highest BCUT2D eigenvalue weighted by Crippen LogP contribution is 2.33. The molecule has 2 N–H and O–H groups in total. The van der Waals surface area contributed by atoms with Crippen molar-refractivity contribution in [1.29, 1.82) is 0 Å². The Bertz CT molecular complexity index is 453. The predicted octanol–water partition coefficient (Wildman–Crippen LogP) is -0.272. The zero-order chi connectivity index (χ0) is 10.4. The molecule has 0 saturated carbocycles. The van der Waals surface area contributed by atoms with Crippen LogP contribution in [0.2, 0.25) is 0 Å². The lowest BCUT2D eigenvalue weighted by atomic mass is 9.90. The molecular formula is C7H11N3O3S. The summed E-state index contributed by atoms with van der Waals surface area (Å²) < 4.78 is 27.2. The van der Waals surface area contributed by atoms with Gasteiger partial charge in [0.25, 0.3) is 0 Å². The van der Waals surface area contributed by atoms with Crippen LogP contribution in [0.15, 0.2) is 4.52 Å². The molecule has 0 aromatic carbocycles. The summed E-state index contributed by atoms with van der Waals surface area (Å²) in [6.45, 7) is 1.81. The maximum atomic E-state index is 11.3. The fourth-order valence-corrected chi connectivity index (χ4v) is 3.82. The van der Waals surface area contributed by atoms with Gasteiger partial charge in [0.05, 0.1) is 11.5 Å². The molecule has 2 rings (SSSR count). The fourth-order valence-electron chi connectivity index (χ4n) is 1.67. The van der Waals surface area contributed by atoms with Gasteiger partial charge < -0.3 is 10.3 Å². The highest BCUT2D eigenvalue weighted by molar-refractivity contribution is 7.91. The summed E-state index contributed by atoms with van der Waals surface area (Å²) in [5.41, 5.74) is 4.74. The first-order valence-corrected chi connectivity index (χ1v) is 6.04. The molecule has 14 heavy (non-hydrogen) atoms. The van der Waals surface area contributed by atoms with Crippen molar-refractivity contribution in [2.24, 2.45) is 0 Å². The lowest BCUT2D eigenvalue weighted by Crippen LogP contribution is -2.24. The zero-order valence-corrected chi connectivity index (χ0v) is 8.54. The van der Waals surface area contributed by atoms with E-state index in [4.69, 9.17) is 5.73 Å². The molecule has 0 amide bonds. The van der Waals surface area contributed by atoms with Gasteiger partial charge in [-0.05, 0) is 6.42 Å². The van der Waals surface area contributed by atoms with E-state index < -0.39 is 15.3 Å². The molecule has 0 radical (unpaired) electrons. The van der Waals surface area contributed by atoms with E-state index in [-0.39, 0.29) is 17.5 Å². The maximum absolute atomic E-state index is 11.3. The molecule has 1 saturated heterocycles. The number of rotatable bonds is 1. The highest BCUT2D eigenvalue weighted by atomic mass is 32.2. The minimum absolute atomic E-state index is 0.0227. The molecule has 1 atom stereocenters. The molecule has 1 aromatic rings. The van der Waals surface area contributed by atoms with Crippen LogP contribution < -0.4 is 5.73 Å². The Morgan fingerprint density at radius 2 is 2.29 bits per heavy atom. The molecule has 0 spiro atoms. The Morgan fingerprint density at radius 3 is 2.71 bits per heavy atom. The van der Waals surface area contributed by atoms with E-state index >= 15 is 0 Å². The number of nitrogen functional groups attached to an aromatic ring is 1. The smallest absolute Gasteiger partial charge is 0.318 e. The summed E-state index contributed by atoms with van der Waals surface area (Å²) in [7, 11) is -2.96. The minimum atomic E-state index is -2.96. The van der Waals surface area contributed by atoms with Crippen molar-refractivity contribution in [2.45, 2.75) is 18.8 Å². The van der Waals surface area contributed by atoms with Crippen LogP contribution in [0.4, 0.5) is 6.01 Å². The number of nitrogens with two attached hydrogens (primary N) is 1. The number of nitrogens with zero attached hydrogens (tertiary/aromatic N) is 2. The number of hydrogen-bond acceptors (Lipinski definition) is 6. The van der Waals surface area contributed by atoms with Gasteiger partial charge in [-0.1, -0.05) is 12.1 Å². The molecule has 2 heterocycles. The molecule has 1 aliphatic heterocycles. The third-order valence-electron chi connectivity index (χ3n) is 2.48. The summed E-state index contributed by atoms with van der Waals surface area (Å²) in [4.78, 5) is 3.87. The van der Waals surface area contributed by atoms with Crippen LogP contribution >= 0.6 is 0 Å². The quantitative estimate of drug-likeness (QED) is 0.695. The number of aromatic nitrogens is 2. The second kappa shape index (κ2) is 2.69. The van der Waals surface area contributed by atoms with Gasteiger partial charge in [0.2, 0.25) is 0 Å². The van der Waals surface area contributed by atoms with Crippen LogP contribution in [0.25, 0.3) is 0 Å². The molecule has 1 fully saturated rings. The Labute approximate surface area is 81.4 Å². The highest BCUT2D eigenvalue weighted by Gasteiger charge is 2.43. The summed E-state index contributed by atoms with van der Waals surface area (Å²) in [6, 6.07) is -0.0227. The van der Waals surface area contributed by atoms with E-state index in [0.29, 0.717) is 12.2 Å². The van der Waals surface area contributed by atoms with Gasteiger partial charge in [-0.25, -0.2) is 8.42 Å². The van der Waals surface area contributed by atoms with E-state index in [9.17, 15) is 8.42 Å². The number of sulfone groups is 1. The Hall–Kier alpha value is -1.11. The Kier molecular flexibility index (Phi) is 1.82. The van der Waals surface area contributed by atoms with E-state index in [0.717, 1.165) is 0 Å². The van der Waals surface area contributed by atoms with E-state index in [1.165, 1.54) is 0 Å². The molecule has 6 nitrogen and oxygen atoms in total. The van der Waals surface area contributed by atoms with E-state index in [1.807, 2.05) is 6.92 Å². The average Bonchev–Trinajstić information content (AvgIpc) is 2.57. The van der Waals surface area contributed by atoms with E-state index in [2.05, 4.69) is 14.7 Å². The summed E-state index contributed by atoms with van der Waals surface area (Å²) in [6.07, 6.45) is 0.522. The Morgan fingerprint density at radius 1 is 1.57 bits per heavy atom. The van der Waals surface area contributed by atoms with Crippen molar-refractivity contribution in [3.05, 3.63) is 5.82 Å². The van der Waals surface area contributed by atoms with Crippen molar-refractivity contribution in [1.82, 2.24) is 10.1 Å². The van der Waals surface area contributed by atoms with Crippen LogP contribution in [0.1, 0.15) is 19.2 Å². The molecule has 1 aliphatic rings. The summed E-state index contributed by atoms with van der Waals surface area (Å²) in [5, 5.41) is 3.66. The van der Waals surface area contributed by atoms with Crippen molar-refractivity contribution in [3.63, 3.8) is 0 Å². The molecule has 78 valence electrons. The Balaban J connectivity index is 2.36. The molecular weight excluding hydrogens is 206 g/mol. The van der Waals surface area contributed by atoms with Gasteiger partial charge in [-0.2, -0.15) is 4.98 Å². The van der Waals surface area contributed by atoms with Gasteiger partial charge >= 0.3 is 6.01 Å². The average molecular weight is 217 g/mol. The third-order valence-corrected chi connectivity index (χ3v) is 4.39. The normalized spacial score (nSPS) is 30.6. The van der Waals surface area contributed by atoms with Crippen LogP contribution in [0.5, 0.6) is 0 Å². The van der Waals surface area contributed by atoms with Crippen LogP contribution in [0, 0.1) is 0 Å². The monoisotopic (exact) mass is 217 g/mol. The fraction of sp³-hybridized carbons (Fsp3) is 0.714. The van der Waals surface area contributed by atoms with Gasteiger partial charge in [0, 0.05) is 5.41 Å². The van der Waals surface area contributed by atoms with Crippen LogP contribution in [-0.4, -0.2) is 30.1 Å². The standard InChI is InChI=1S/C7H11N3O3S/c1-7(2-3-14(11,12)4-7)5-9-6(8)13-10-5/h2-4H2,1H3,(H2,8,9,10). The molecule has 0 aliphatic carbocycles. The van der Waals surface area contributed by atoms with Crippen LogP contribution in [-0.2, 0) is 15.3 Å². The molecule has 7 heteroatoms. The second-order valence-electron chi connectivity index (χ2n) is 3.86. The van der Waals surface area contributed by atoms with Crippen molar-refractivity contribution >= 4 is 15.9 Å². The lowest BCUT2D eigenvalue weighted by Gasteiger charge is -2.15. The molecule has 0 bridgehead atoms. The topological polar surface area (TPSA) is 99.1 Å². The zero-order valence-electron chi connectivity index (χ0n) is 7.73. The van der Waals surface area contributed by atoms with Crippen molar-refractivity contribution in [3.8, 4) is 0 Å². The third kappa shape index (κ3) is 1.47. The predicted molar refractivity (Wildman–Crippen MR) is 49.3 cm³/mol. The van der Waals surface area contributed by atoms with Crippen molar-refractivity contribution < 1.29 is 12.9 Å². The summed E-state index contributed by atoms with van der Waals surface area (Å²) >= 11 is 0. The largest absolute Gasteiger partial charge is 0.351 e. The molecule has 1 unspecified atom stereocenters. The first kappa shape index (κ1) is 9.45. The number of anilines is 1. The number of hydrogen-bond donors (Lipinski definition) is 1. The van der Waals surface area contributed by atoms with Gasteiger partial charge in [0.15, 0.2) is 15.7 Å². The van der Waals surface area contributed by atoms with Gasteiger partial charge in [-0.15, -0.1) is 0 Å². The van der Waals surface area contributed by atoms with Gasteiger partial charge in [-0.3, -0.25) is 0 Å². The molecule has 1 aromatic heterocycles. The van der Waals surface area contributed by atoms with Crippen LogP contribution in [0.3, 0.4) is 0 Å². The first-order valence-electron chi connectivity index (χ1n) is 4.21. The first-order chi connectivity index (χ1) is 6.41. The lowest BCUT2D eigenvalue weighted by molar-refractivity contribution is 0.398. The van der Waals surface area contributed by atoms with E-state index in [1.54, 1.807) is 0 Å². The summed E-state index contributed by atoms with van der Waals surface area (Å²) in [5.74, 6) is 0.632. The van der Waals surface area contributed by atoms with Crippen molar-refractivity contribution in [2.75, 3.05) is 17.2 Å². The van der Waals surface area contributed by atoms with Gasteiger partial charge in [0.1, 0.15) is 0 Å². The SMILES string of the molecule is CC1(c2noc(N)n2)CCS(=O)(=O)C1. The second-order valence-corrected chi connectivity index (χ2v) is 6.04. The minimum Gasteiger partial charge on any atom is -0.351 e.